The molecule has 0 aliphatic heterocycles. The Morgan fingerprint density at radius 1 is 1.12 bits per heavy atom. The molecule has 0 rings (SSSR count). The van der Waals surface area contributed by atoms with Crippen molar-refractivity contribution >= 4 is 28.4 Å². The van der Waals surface area contributed by atoms with Crippen LogP contribution in [-0.4, -0.2) is 28.4 Å². The predicted octanol–water partition coefficient (Wildman–Crippen LogP) is -0.378. The Kier molecular flexibility index (Phi) is 3.91. The Morgan fingerprint density at radius 2 is 1.62 bits per heavy atom. The topological polar surface area (TPSA) is 0 Å². The van der Waals surface area contributed by atoms with Crippen LogP contribution in [0.15, 0.2) is 0 Å². The van der Waals surface area contributed by atoms with Crippen molar-refractivity contribution in [2.75, 3.05) is 0 Å². The van der Waals surface area contributed by atoms with Crippen LogP contribution in [0.3, 0.4) is 0 Å². The van der Waals surface area contributed by atoms with Crippen LogP contribution in [0.25, 0.3) is 0 Å². The van der Waals surface area contributed by atoms with E-state index in [9.17, 15) is 17.3 Å². The first kappa shape index (κ1) is 7.98. The Morgan fingerprint density at radius 3 is 1.75 bits per heavy atom. The first-order valence-corrected chi connectivity index (χ1v) is 2.15. The molecule has 0 amide bonds. The van der Waals surface area contributed by atoms with Crippen molar-refractivity contribution in [2.24, 2.45) is 0 Å². The molecule has 0 spiro atoms. The monoisotopic (exact) mass is 122 g/mol. The maximum absolute atomic E-state index is 11.5. The highest BCUT2D eigenvalue weighted by Crippen LogP contribution is 1.87. The van der Waals surface area contributed by atoms with Gasteiger partial charge in [0, 0.05) is 0 Å². The zero-order valence-electron chi connectivity index (χ0n) is 4.08. The summed E-state index contributed by atoms with van der Waals surface area (Å²) in [6.45, 7) is -1.99. The fourth-order valence-corrected chi connectivity index (χ4v) is 0.256. The average Bonchev–Trinajstić information content (AvgIpc) is 1.65. The van der Waals surface area contributed by atoms with E-state index in [1.165, 1.54) is 0 Å². The molecule has 0 fully saturated rings. The van der Waals surface area contributed by atoms with Crippen molar-refractivity contribution in [3.63, 3.8) is 0 Å². The Bertz CT molecular complexity index is 54.0. The molecule has 0 aromatic rings. The molecule has 0 saturated carbocycles. The molecule has 0 aliphatic rings. The van der Waals surface area contributed by atoms with E-state index in [0.717, 1.165) is 0 Å². The van der Waals surface area contributed by atoms with Gasteiger partial charge in [-0.25, -0.2) is 0 Å². The third-order valence-corrected chi connectivity index (χ3v) is 0.601. The minimum atomic E-state index is -2.74. The van der Waals surface area contributed by atoms with Crippen molar-refractivity contribution < 1.29 is 17.3 Å². The summed E-state index contributed by atoms with van der Waals surface area (Å²) in [7, 11) is -5.04. The van der Waals surface area contributed by atoms with Crippen molar-refractivity contribution in [3.05, 3.63) is 0 Å². The lowest BCUT2D eigenvalue weighted by Gasteiger charge is -1.87. The summed E-state index contributed by atoms with van der Waals surface area (Å²) in [5.41, 5.74) is 0. The lowest BCUT2D eigenvalue weighted by Crippen LogP contribution is -2.31. The van der Waals surface area contributed by atoms with Gasteiger partial charge in [-0.05, 0) is 0 Å². The smallest absolute Gasteiger partial charge is 0.354 e. The van der Waals surface area contributed by atoms with Crippen LogP contribution >= 0.6 is 0 Å². The minimum absolute atomic E-state index is 0.990. The van der Waals surface area contributed by atoms with Crippen LogP contribution in [0.2, 0.25) is 0 Å². The van der Waals surface area contributed by atoms with Crippen molar-refractivity contribution in [2.45, 2.75) is 0 Å². The maximum Gasteiger partial charge on any atom is 0.483 e. The van der Waals surface area contributed by atoms with Crippen molar-refractivity contribution in [1.29, 1.82) is 0 Å². The fraction of sp³-hybridized carbons (Fsp3) is 0. The Labute approximate surface area is 46.8 Å². The van der Waals surface area contributed by atoms with Crippen LogP contribution in [0.1, 0.15) is 0 Å². The first-order valence-electron chi connectivity index (χ1n) is 2.15. The second-order valence-electron chi connectivity index (χ2n) is 1.38. The van der Waals surface area contributed by atoms with E-state index in [1.807, 2.05) is 0 Å². The molecule has 0 atom stereocenters. The van der Waals surface area contributed by atoms with Gasteiger partial charge in [0.15, 0.2) is 7.06 Å². The second-order valence-corrected chi connectivity index (χ2v) is 1.38. The summed E-state index contributed by atoms with van der Waals surface area (Å²) < 4.78 is 44.7. The highest BCUT2D eigenvalue weighted by Gasteiger charge is 2.27. The van der Waals surface area contributed by atoms with E-state index < -0.39 is 28.4 Å². The fourth-order valence-electron chi connectivity index (χ4n) is 0.256. The van der Waals surface area contributed by atoms with Crippen LogP contribution < -0.4 is 0 Å². The van der Waals surface area contributed by atoms with Crippen LogP contribution in [0.4, 0.5) is 17.3 Å². The van der Waals surface area contributed by atoms with E-state index in [1.54, 1.807) is 0 Å². The molecule has 0 heterocycles. The highest BCUT2D eigenvalue weighted by molar-refractivity contribution is 7.50. The van der Waals surface area contributed by atoms with E-state index in [2.05, 4.69) is 0 Å². The van der Waals surface area contributed by atoms with Crippen LogP contribution in [0, 0.1) is 0 Å². The molecule has 0 aliphatic carbocycles. The largest absolute Gasteiger partial charge is 0.483 e. The number of hydrogen-bond acceptors (Lipinski definition) is 0. The normalized spacial score (nSPS) is 8.00. The molecule has 0 nitrogen and oxygen atoms in total. The predicted molar refractivity (Wildman–Crippen MR) is 30.2 cm³/mol. The van der Waals surface area contributed by atoms with E-state index >= 15 is 0 Å². The summed E-state index contributed by atoms with van der Waals surface area (Å²) in [5.74, 6) is 0. The summed E-state index contributed by atoms with van der Waals surface area (Å²) in [4.78, 5) is 0. The van der Waals surface area contributed by atoms with E-state index in [-0.39, 0.29) is 0 Å². The molecular weight excluding hydrogens is 119 g/mol. The number of rotatable bonds is 3. The average molecular weight is 121 g/mol. The van der Waals surface area contributed by atoms with E-state index in [0.29, 0.717) is 0 Å². The zero-order valence-corrected chi connectivity index (χ0v) is 4.08. The molecule has 0 radical (unpaired) electrons. The van der Waals surface area contributed by atoms with Crippen molar-refractivity contribution in [3.8, 4) is 0 Å². The highest BCUT2D eigenvalue weighted by atomic mass is 19.2. The molecule has 0 aromatic carbocycles. The quantitative estimate of drug-likeness (QED) is 0.353. The van der Waals surface area contributed by atoms with Gasteiger partial charge in [-0.1, -0.05) is 0 Å². The molecule has 8 heteroatoms. The SMILES string of the molecule is FBB(F)BB(F)F. The van der Waals surface area contributed by atoms with Gasteiger partial charge >= 0.3 is 21.4 Å². The van der Waals surface area contributed by atoms with Gasteiger partial charge in [0.2, 0.25) is 0 Å². The number of halogens is 4. The standard InChI is InChI=1S/B4F4H2/c5-2-3(6)1-4(7)8/h1-2H. The summed E-state index contributed by atoms with van der Waals surface area (Å²) in [6, 6.07) is 0. The first-order chi connectivity index (χ1) is 3.66. The molecule has 0 saturated heterocycles. The summed E-state index contributed by atoms with van der Waals surface area (Å²) >= 11 is 0. The van der Waals surface area contributed by atoms with Gasteiger partial charge in [0.1, 0.15) is 0 Å². The van der Waals surface area contributed by atoms with Gasteiger partial charge in [0.25, 0.3) is 0 Å². The van der Waals surface area contributed by atoms with Gasteiger partial charge in [0.05, 0.1) is 0 Å². The molecular formula is H2B4F4. The zero-order chi connectivity index (χ0) is 6.57. The third-order valence-electron chi connectivity index (χ3n) is 0.601. The lowest BCUT2D eigenvalue weighted by molar-refractivity contribution is 0.696. The molecule has 0 N–H and O–H groups in total. The minimum Gasteiger partial charge on any atom is -0.354 e. The van der Waals surface area contributed by atoms with Gasteiger partial charge in [-0.3, -0.25) is 8.63 Å². The second kappa shape index (κ2) is 3.92. The number of hydrogen-bond donors (Lipinski definition) is 0. The lowest BCUT2D eigenvalue weighted by atomic mass is 9.11. The van der Waals surface area contributed by atoms with Crippen LogP contribution in [-0.2, 0) is 0 Å². The Hall–Kier alpha value is -0.0203. The van der Waals surface area contributed by atoms with Gasteiger partial charge < -0.3 is 8.63 Å². The van der Waals surface area contributed by atoms with Crippen molar-refractivity contribution in [1.82, 2.24) is 0 Å². The molecule has 8 heavy (non-hydrogen) atoms. The maximum atomic E-state index is 11.5. The molecule has 0 bridgehead atoms. The third kappa shape index (κ3) is 4.15. The Balaban J connectivity index is 3.10. The van der Waals surface area contributed by atoms with E-state index in [4.69, 9.17) is 0 Å². The summed E-state index contributed by atoms with van der Waals surface area (Å²) in [5, 5.41) is 0. The molecule has 0 aromatic heterocycles. The van der Waals surface area contributed by atoms with Crippen LogP contribution in [0.5, 0.6) is 0 Å². The van der Waals surface area contributed by atoms with Gasteiger partial charge in [-0.15, -0.1) is 0 Å². The van der Waals surface area contributed by atoms with Gasteiger partial charge in [-0.2, -0.15) is 0 Å². The molecule has 42 valence electrons. The summed E-state index contributed by atoms with van der Waals surface area (Å²) in [6.07, 6.45) is 0. The molecule has 0 unspecified atom stereocenters.